The fraction of sp³-hybridized carbons (Fsp3) is 0.524. The van der Waals surface area contributed by atoms with Crippen LogP contribution in [0.25, 0.3) is 0 Å². The van der Waals surface area contributed by atoms with Crippen LogP contribution in [-0.2, 0) is 16.0 Å². The van der Waals surface area contributed by atoms with Crippen molar-refractivity contribution >= 4 is 17.8 Å². The van der Waals surface area contributed by atoms with Gasteiger partial charge in [-0.1, -0.05) is 0 Å². The Kier molecular flexibility index (Phi) is 5.61. The van der Waals surface area contributed by atoms with Gasteiger partial charge in [0, 0.05) is 28.9 Å². The first-order chi connectivity index (χ1) is 14.4. The molecule has 4 rings (SSSR count). The Bertz CT molecular complexity index is 906. The first-order valence-electron chi connectivity index (χ1n) is 10.3. The molecule has 0 unspecified atom stereocenters. The molecule has 2 heterocycles. The molecule has 2 fully saturated rings. The molecule has 9 nitrogen and oxygen atoms in total. The van der Waals surface area contributed by atoms with E-state index in [0.29, 0.717) is 17.3 Å². The average Bonchev–Trinajstić information content (AvgIpc) is 3.09. The van der Waals surface area contributed by atoms with Gasteiger partial charge in [-0.2, -0.15) is 5.10 Å². The molecule has 2 saturated carbocycles. The molecule has 2 aliphatic rings. The van der Waals surface area contributed by atoms with Crippen LogP contribution in [0.2, 0.25) is 0 Å². The lowest BCUT2D eigenvalue weighted by molar-refractivity contribution is -0.115. The predicted molar refractivity (Wildman–Crippen MR) is 109 cm³/mol. The minimum Gasteiger partial charge on any atom is -0.495 e. The van der Waals surface area contributed by atoms with Crippen molar-refractivity contribution in [2.45, 2.75) is 63.0 Å². The van der Waals surface area contributed by atoms with Gasteiger partial charge in [-0.25, -0.2) is 4.79 Å². The third-order valence-electron chi connectivity index (χ3n) is 5.74. The van der Waals surface area contributed by atoms with Gasteiger partial charge in [-0.3, -0.25) is 14.9 Å². The van der Waals surface area contributed by atoms with Crippen LogP contribution < -0.4 is 15.4 Å². The van der Waals surface area contributed by atoms with Gasteiger partial charge in [-0.15, -0.1) is 0 Å². The van der Waals surface area contributed by atoms with Crippen molar-refractivity contribution in [2.24, 2.45) is 0 Å². The number of methoxy groups -OCH3 is 1. The molecule has 2 aromatic rings. The Balaban J connectivity index is 1.25. The largest absolute Gasteiger partial charge is 0.495 e. The molecule has 3 N–H and O–H groups in total. The Hall–Kier alpha value is -3.10. The third-order valence-corrected chi connectivity index (χ3v) is 5.74. The maximum atomic E-state index is 12.3. The number of nitrogens with zero attached hydrogens (tertiary/aromatic N) is 2. The van der Waals surface area contributed by atoms with Crippen LogP contribution in [0.4, 0.5) is 10.6 Å². The molecule has 2 aliphatic carbocycles. The summed E-state index contributed by atoms with van der Waals surface area (Å²) in [5, 5.41) is 12.9. The minimum absolute atomic E-state index is 0.0765. The molecular formula is C21H27N5O4. The number of anilines is 1. The van der Waals surface area contributed by atoms with Crippen LogP contribution in [0.1, 0.15) is 56.3 Å². The summed E-state index contributed by atoms with van der Waals surface area (Å²) >= 11 is 0. The zero-order valence-corrected chi connectivity index (χ0v) is 17.2. The number of carbonyl (C=O) groups is 2. The van der Waals surface area contributed by atoms with Gasteiger partial charge in [0.2, 0.25) is 5.91 Å². The lowest BCUT2D eigenvalue weighted by Gasteiger charge is -2.16. The topological polar surface area (TPSA) is 118 Å². The molecular weight excluding hydrogens is 386 g/mol. The average molecular weight is 413 g/mol. The van der Waals surface area contributed by atoms with Gasteiger partial charge in [0.25, 0.3) is 0 Å². The van der Waals surface area contributed by atoms with E-state index in [1.54, 1.807) is 25.4 Å². The standard InChI is InChI=1S/C21H27N5O4/c1-21(7-8-21)24-20(28)30-15-5-3-13(9-15)17-11-18(26-25-17)23-19(27)10-14-4-6-16(29-2)12-22-14/h4,6,11-13,15H,3,5,7-10H2,1-2H3,(H,24,28)(H2,23,25,26,27)/t13-,15+/m0/s1. The lowest BCUT2D eigenvalue weighted by Crippen LogP contribution is -2.36. The fourth-order valence-corrected chi connectivity index (χ4v) is 3.67. The molecule has 0 saturated heterocycles. The van der Waals surface area contributed by atoms with E-state index in [4.69, 9.17) is 9.47 Å². The zero-order valence-electron chi connectivity index (χ0n) is 17.2. The summed E-state index contributed by atoms with van der Waals surface area (Å²) in [7, 11) is 1.57. The van der Waals surface area contributed by atoms with Gasteiger partial charge in [-0.05, 0) is 51.2 Å². The first kappa shape index (κ1) is 20.2. The second-order valence-electron chi connectivity index (χ2n) is 8.35. The number of ether oxygens (including phenoxy) is 2. The summed E-state index contributed by atoms with van der Waals surface area (Å²) in [4.78, 5) is 28.5. The summed E-state index contributed by atoms with van der Waals surface area (Å²) in [6.07, 6.45) is 5.79. The highest BCUT2D eigenvalue weighted by Gasteiger charge is 2.40. The third kappa shape index (κ3) is 5.08. The monoisotopic (exact) mass is 413 g/mol. The molecule has 0 aromatic carbocycles. The van der Waals surface area contributed by atoms with E-state index in [9.17, 15) is 9.59 Å². The number of hydrogen-bond acceptors (Lipinski definition) is 6. The number of aromatic nitrogens is 3. The van der Waals surface area contributed by atoms with Crippen molar-refractivity contribution in [3.8, 4) is 5.75 Å². The number of rotatable bonds is 7. The van der Waals surface area contributed by atoms with Crippen molar-refractivity contribution in [1.29, 1.82) is 0 Å². The molecule has 0 radical (unpaired) electrons. The van der Waals surface area contributed by atoms with Crippen molar-refractivity contribution in [3.05, 3.63) is 35.8 Å². The van der Waals surface area contributed by atoms with E-state index in [-0.39, 0.29) is 36.0 Å². The van der Waals surface area contributed by atoms with E-state index in [1.165, 1.54) is 0 Å². The van der Waals surface area contributed by atoms with Gasteiger partial charge in [0.1, 0.15) is 11.9 Å². The number of alkyl carbamates (subject to hydrolysis) is 1. The number of aromatic amines is 1. The molecule has 0 spiro atoms. The molecule has 9 heteroatoms. The Labute approximate surface area is 174 Å². The normalized spacial score (nSPS) is 21.7. The quantitative estimate of drug-likeness (QED) is 0.642. The molecule has 30 heavy (non-hydrogen) atoms. The molecule has 160 valence electrons. The van der Waals surface area contributed by atoms with Gasteiger partial charge < -0.3 is 20.1 Å². The number of hydrogen-bond donors (Lipinski definition) is 3. The smallest absolute Gasteiger partial charge is 0.407 e. The van der Waals surface area contributed by atoms with E-state index >= 15 is 0 Å². The summed E-state index contributed by atoms with van der Waals surface area (Å²) in [6.45, 7) is 2.02. The zero-order chi connectivity index (χ0) is 21.1. The van der Waals surface area contributed by atoms with Crippen molar-refractivity contribution in [1.82, 2.24) is 20.5 Å². The Morgan fingerprint density at radius 1 is 1.30 bits per heavy atom. The highest BCUT2D eigenvalue weighted by atomic mass is 16.6. The first-order valence-corrected chi connectivity index (χ1v) is 10.3. The minimum atomic E-state index is -0.328. The number of carbonyl (C=O) groups excluding carboxylic acids is 2. The van der Waals surface area contributed by atoms with Crippen molar-refractivity contribution in [2.75, 3.05) is 12.4 Å². The number of pyridine rings is 1. The number of nitrogens with one attached hydrogen (secondary N) is 3. The van der Waals surface area contributed by atoms with E-state index < -0.39 is 0 Å². The lowest BCUT2D eigenvalue weighted by atomic mass is 10.0. The maximum Gasteiger partial charge on any atom is 0.407 e. The predicted octanol–water partition coefficient (Wildman–Crippen LogP) is 2.91. The van der Waals surface area contributed by atoms with Crippen molar-refractivity contribution in [3.63, 3.8) is 0 Å². The molecule has 2 aromatic heterocycles. The van der Waals surface area contributed by atoms with Crippen LogP contribution in [-0.4, -0.2) is 45.9 Å². The van der Waals surface area contributed by atoms with E-state index in [0.717, 1.165) is 37.8 Å². The van der Waals surface area contributed by atoms with Crippen LogP contribution in [0.3, 0.4) is 0 Å². The number of H-pyrrole nitrogens is 1. The van der Waals surface area contributed by atoms with Gasteiger partial charge in [0.05, 0.1) is 19.7 Å². The highest BCUT2D eigenvalue weighted by molar-refractivity contribution is 5.91. The summed E-state index contributed by atoms with van der Waals surface area (Å²) in [5.74, 6) is 1.16. The second-order valence-corrected chi connectivity index (χ2v) is 8.35. The Morgan fingerprint density at radius 2 is 2.13 bits per heavy atom. The van der Waals surface area contributed by atoms with Crippen LogP contribution in [0, 0.1) is 0 Å². The van der Waals surface area contributed by atoms with Gasteiger partial charge >= 0.3 is 6.09 Å². The maximum absolute atomic E-state index is 12.3. The van der Waals surface area contributed by atoms with Crippen LogP contribution in [0.5, 0.6) is 5.75 Å². The van der Waals surface area contributed by atoms with Crippen molar-refractivity contribution < 1.29 is 19.1 Å². The Morgan fingerprint density at radius 3 is 2.83 bits per heavy atom. The summed E-state index contributed by atoms with van der Waals surface area (Å²) in [6, 6.07) is 5.37. The molecule has 0 bridgehead atoms. The number of amides is 2. The summed E-state index contributed by atoms with van der Waals surface area (Å²) in [5.41, 5.74) is 1.51. The summed E-state index contributed by atoms with van der Waals surface area (Å²) < 4.78 is 10.6. The fourth-order valence-electron chi connectivity index (χ4n) is 3.67. The van der Waals surface area contributed by atoms with Crippen LogP contribution >= 0.6 is 0 Å². The molecule has 0 aliphatic heterocycles. The molecule has 2 amide bonds. The SMILES string of the molecule is COc1ccc(CC(=O)Nc2cc([C@H]3CC[C@@H](OC(=O)NC4(C)CC4)C3)[nH]n2)nc1. The molecule has 2 atom stereocenters. The highest BCUT2D eigenvalue weighted by Crippen LogP contribution is 2.37. The second kappa shape index (κ2) is 8.33. The van der Waals surface area contributed by atoms with E-state index in [1.807, 2.05) is 13.0 Å². The van der Waals surface area contributed by atoms with E-state index in [2.05, 4.69) is 25.8 Å². The van der Waals surface area contributed by atoms with Crippen LogP contribution in [0.15, 0.2) is 24.4 Å². The van der Waals surface area contributed by atoms with Gasteiger partial charge in [0.15, 0.2) is 5.82 Å².